The third-order valence-corrected chi connectivity index (χ3v) is 5.61. The van der Waals surface area contributed by atoms with Gasteiger partial charge in [0.1, 0.15) is 6.33 Å². The summed E-state index contributed by atoms with van der Waals surface area (Å²) in [6, 6.07) is 7.52. The Morgan fingerprint density at radius 1 is 1.25 bits per heavy atom. The van der Waals surface area contributed by atoms with Gasteiger partial charge in [-0.3, -0.25) is 4.79 Å². The average Bonchev–Trinajstić information content (AvgIpc) is 3.44. The van der Waals surface area contributed by atoms with Crippen molar-refractivity contribution in [3.63, 3.8) is 0 Å². The summed E-state index contributed by atoms with van der Waals surface area (Å²) in [5.41, 5.74) is 1.51. The molecule has 1 saturated heterocycles. The molecular weight excluding hydrogens is 358 g/mol. The van der Waals surface area contributed by atoms with Crippen molar-refractivity contribution in [2.24, 2.45) is 5.92 Å². The largest absolute Gasteiger partial charge is 0.339 e. The first kappa shape index (κ1) is 18.4. The molecule has 0 bridgehead atoms. The minimum atomic E-state index is -0.179. The standard InChI is InChI=1S/C19H25N7O2/c1-24(11-14-10-18(27)25(12-14)16-4-2-3-5-16)19(28)21-15-6-8-17(9-7-15)26-13-20-22-23-26/h6-9,13-14,16H,2-5,10-12H2,1H3,(H,21,28). The number of carbonyl (C=O) groups is 2. The lowest BCUT2D eigenvalue weighted by Gasteiger charge is -2.25. The first-order chi connectivity index (χ1) is 13.6. The SMILES string of the molecule is CN(CC1CC(=O)N(C2CCCC2)C1)C(=O)Nc1ccc(-n2cnnn2)cc1. The zero-order valence-electron chi connectivity index (χ0n) is 16.0. The van der Waals surface area contributed by atoms with Gasteiger partial charge in [0.15, 0.2) is 0 Å². The van der Waals surface area contributed by atoms with Gasteiger partial charge in [0, 0.05) is 44.2 Å². The minimum Gasteiger partial charge on any atom is -0.339 e. The van der Waals surface area contributed by atoms with Gasteiger partial charge in [-0.15, -0.1) is 5.10 Å². The van der Waals surface area contributed by atoms with Gasteiger partial charge < -0.3 is 15.1 Å². The van der Waals surface area contributed by atoms with Crippen LogP contribution in [0.1, 0.15) is 32.1 Å². The van der Waals surface area contributed by atoms with Crippen LogP contribution in [-0.4, -0.2) is 68.1 Å². The highest BCUT2D eigenvalue weighted by molar-refractivity contribution is 5.89. The van der Waals surface area contributed by atoms with E-state index in [2.05, 4.69) is 20.8 Å². The van der Waals surface area contributed by atoms with Gasteiger partial charge in [0.25, 0.3) is 0 Å². The molecule has 1 N–H and O–H groups in total. The number of benzene rings is 1. The Labute approximate surface area is 163 Å². The van der Waals surface area contributed by atoms with Gasteiger partial charge in [-0.2, -0.15) is 0 Å². The number of carbonyl (C=O) groups excluding carboxylic acids is 2. The van der Waals surface area contributed by atoms with Crippen LogP contribution in [-0.2, 0) is 4.79 Å². The molecule has 1 aliphatic heterocycles. The number of hydrogen-bond donors (Lipinski definition) is 1. The van der Waals surface area contributed by atoms with Crippen LogP contribution in [0.15, 0.2) is 30.6 Å². The van der Waals surface area contributed by atoms with Crippen LogP contribution in [0.4, 0.5) is 10.5 Å². The third kappa shape index (κ3) is 3.97. The number of anilines is 1. The lowest BCUT2D eigenvalue weighted by atomic mass is 10.1. The van der Waals surface area contributed by atoms with E-state index in [1.807, 2.05) is 29.2 Å². The van der Waals surface area contributed by atoms with Crippen LogP contribution in [0, 0.1) is 5.92 Å². The lowest BCUT2D eigenvalue weighted by molar-refractivity contribution is -0.129. The van der Waals surface area contributed by atoms with Crippen molar-refractivity contribution in [3.8, 4) is 5.69 Å². The number of urea groups is 1. The summed E-state index contributed by atoms with van der Waals surface area (Å²) >= 11 is 0. The van der Waals surface area contributed by atoms with Gasteiger partial charge in [-0.1, -0.05) is 12.8 Å². The minimum absolute atomic E-state index is 0.179. The van der Waals surface area contributed by atoms with E-state index in [1.54, 1.807) is 16.6 Å². The smallest absolute Gasteiger partial charge is 0.321 e. The van der Waals surface area contributed by atoms with E-state index in [9.17, 15) is 9.59 Å². The van der Waals surface area contributed by atoms with E-state index < -0.39 is 0 Å². The molecule has 0 radical (unpaired) electrons. The fraction of sp³-hybridized carbons (Fsp3) is 0.526. The number of aromatic nitrogens is 4. The molecule has 1 saturated carbocycles. The zero-order chi connectivity index (χ0) is 19.5. The summed E-state index contributed by atoms with van der Waals surface area (Å²) in [5, 5.41) is 13.9. The van der Waals surface area contributed by atoms with Crippen molar-refractivity contribution in [3.05, 3.63) is 30.6 Å². The fourth-order valence-electron chi connectivity index (χ4n) is 4.17. The Kier molecular flexibility index (Phi) is 5.23. The van der Waals surface area contributed by atoms with Crippen LogP contribution < -0.4 is 5.32 Å². The normalized spacial score (nSPS) is 20.0. The topological polar surface area (TPSA) is 96.2 Å². The number of rotatable bonds is 5. The highest BCUT2D eigenvalue weighted by Gasteiger charge is 2.36. The molecule has 2 aromatic rings. The van der Waals surface area contributed by atoms with E-state index in [1.165, 1.54) is 19.2 Å². The summed E-state index contributed by atoms with van der Waals surface area (Å²) in [6.07, 6.45) is 6.72. The molecule has 3 amide bonds. The fourth-order valence-corrected chi connectivity index (χ4v) is 4.17. The number of tetrazole rings is 1. The van der Waals surface area contributed by atoms with E-state index in [0.717, 1.165) is 25.1 Å². The summed E-state index contributed by atoms with van der Waals surface area (Å²) < 4.78 is 1.55. The Morgan fingerprint density at radius 3 is 2.68 bits per heavy atom. The molecule has 9 heteroatoms. The van der Waals surface area contributed by atoms with Crippen molar-refractivity contribution in [2.45, 2.75) is 38.1 Å². The highest BCUT2D eigenvalue weighted by Crippen LogP contribution is 2.29. The lowest BCUT2D eigenvalue weighted by Crippen LogP contribution is -2.37. The molecule has 28 heavy (non-hydrogen) atoms. The van der Waals surface area contributed by atoms with Crippen LogP contribution >= 0.6 is 0 Å². The van der Waals surface area contributed by atoms with E-state index in [-0.39, 0.29) is 17.9 Å². The number of likely N-dealkylation sites (tertiary alicyclic amines) is 1. The number of amides is 3. The molecule has 1 unspecified atom stereocenters. The molecule has 1 atom stereocenters. The second-order valence-electron chi connectivity index (χ2n) is 7.67. The van der Waals surface area contributed by atoms with Crippen molar-refractivity contribution in [2.75, 3.05) is 25.5 Å². The van der Waals surface area contributed by atoms with Crippen LogP contribution in [0.3, 0.4) is 0 Å². The molecule has 0 spiro atoms. The Balaban J connectivity index is 1.29. The third-order valence-electron chi connectivity index (χ3n) is 5.61. The van der Waals surface area contributed by atoms with Crippen LogP contribution in [0.25, 0.3) is 5.69 Å². The van der Waals surface area contributed by atoms with Gasteiger partial charge in [0.2, 0.25) is 5.91 Å². The predicted molar refractivity (Wildman–Crippen MR) is 103 cm³/mol. The van der Waals surface area contributed by atoms with Crippen molar-refractivity contribution < 1.29 is 9.59 Å². The zero-order valence-corrected chi connectivity index (χ0v) is 16.0. The summed E-state index contributed by atoms with van der Waals surface area (Å²) in [6.45, 7) is 1.34. The molecule has 1 aromatic carbocycles. The molecule has 148 valence electrons. The first-order valence-corrected chi connectivity index (χ1v) is 9.75. The van der Waals surface area contributed by atoms with E-state index >= 15 is 0 Å². The molecule has 9 nitrogen and oxygen atoms in total. The Morgan fingerprint density at radius 2 is 2.00 bits per heavy atom. The quantitative estimate of drug-likeness (QED) is 0.851. The van der Waals surface area contributed by atoms with Gasteiger partial charge >= 0.3 is 6.03 Å². The van der Waals surface area contributed by atoms with E-state index in [0.29, 0.717) is 24.7 Å². The Hall–Kier alpha value is -2.97. The molecule has 1 aromatic heterocycles. The van der Waals surface area contributed by atoms with Crippen molar-refractivity contribution in [1.82, 2.24) is 30.0 Å². The summed E-state index contributed by atoms with van der Waals surface area (Å²) in [5.74, 6) is 0.440. The van der Waals surface area contributed by atoms with Crippen LogP contribution in [0.5, 0.6) is 0 Å². The average molecular weight is 383 g/mol. The maximum absolute atomic E-state index is 12.5. The molecule has 2 fully saturated rings. The van der Waals surface area contributed by atoms with Gasteiger partial charge in [-0.25, -0.2) is 9.48 Å². The van der Waals surface area contributed by atoms with Crippen molar-refractivity contribution >= 4 is 17.6 Å². The molecule has 2 aliphatic rings. The Bertz CT molecular complexity index is 815. The number of hydrogen-bond acceptors (Lipinski definition) is 5. The molecule has 1 aliphatic carbocycles. The maximum atomic E-state index is 12.5. The van der Waals surface area contributed by atoms with Crippen molar-refractivity contribution in [1.29, 1.82) is 0 Å². The monoisotopic (exact) mass is 383 g/mol. The number of nitrogens with zero attached hydrogens (tertiary/aromatic N) is 6. The first-order valence-electron chi connectivity index (χ1n) is 9.75. The summed E-state index contributed by atoms with van der Waals surface area (Å²) in [4.78, 5) is 28.5. The van der Waals surface area contributed by atoms with Crippen LogP contribution in [0.2, 0.25) is 0 Å². The van der Waals surface area contributed by atoms with Gasteiger partial charge in [0.05, 0.1) is 5.69 Å². The van der Waals surface area contributed by atoms with E-state index in [4.69, 9.17) is 0 Å². The second-order valence-corrected chi connectivity index (χ2v) is 7.67. The second kappa shape index (κ2) is 7.95. The number of nitrogens with one attached hydrogen (secondary N) is 1. The molecule has 2 heterocycles. The molecule has 4 rings (SSSR count). The molecular formula is C19H25N7O2. The maximum Gasteiger partial charge on any atom is 0.321 e. The highest BCUT2D eigenvalue weighted by atomic mass is 16.2. The predicted octanol–water partition coefficient (Wildman–Crippen LogP) is 1.92. The van der Waals surface area contributed by atoms with Gasteiger partial charge in [-0.05, 0) is 47.5 Å². The summed E-state index contributed by atoms with van der Waals surface area (Å²) in [7, 11) is 1.77.